The number of hydrogen-bond donors (Lipinski definition) is 2. The number of piperidine rings is 1. The molecule has 1 rings (SSSR count). The maximum atomic E-state index is 10.9. The first-order chi connectivity index (χ1) is 7.19. The van der Waals surface area contributed by atoms with E-state index in [2.05, 4.69) is 24.1 Å². The molecule has 2 N–H and O–H groups in total. The molecule has 0 aromatic rings. The van der Waals surface area contributed by atoms with Crippen LogP contribution < -0.4 is 5.32 Å². The zero-order valence-electron chi connectivity index (χ0n) is 9.70. The van der Waals surface area contributed by atoms with Crippen molar-refractivity contribution >= 4 is 5.97 Å². The molecule has 0 unspecified atom stereocenters. The highest BCUT2D eigenvalue weighted by Gasteiger charge is 2.29. The molecule has 1 fully saturated rings. The summed E-state index contributed by atoms with van der Waals surface area (Å²) >= 11 is 0. The van der Waals surface area contributed by atoms with E-state index in [0.29, 0.717) is 12.6 Å². The van der Waals surface area contributed by atoms with Gasteiger partial charge in [-0.1, -0.05) is 13.8 Å². The second kappa shape index (κ2) is 6.08. The van der Waals surface area contributed by atoms with Gasteiger partial charge in [-0.15, -0.1) is 0 Å². The zero-order valence-corrected chi connectivity index (χ0v) is 9.70. The number of hydrogen-bond acceptors (Lipinski definition) is 3. The second-order valence-electron chi connectivity index (χ2n) is 4.21. The Hall–Kier alpha value is -0.610. The van der Waals surface area contributed by atoms with E-state index in [1.54, 1.807) is 0 Å². The van der Waals surface area contributed by atoms with Gasteiger partial charge in [-0.3, -0.25) is 9.69 Å². The van der Waals surface area contributed by atoms with E-state index >= 15 is 0 Å². The smallest absolute Gasteiger partial charge is 0.307 e. The number of nitrogens with one attached hydrogen (secondary N) is 1. The lowest BCUT2D eigenvalue weighted by Gasteiger charge is -2.36. The SMILES string of the molecule is CCCN(CC)[C@H]1CNC[C@@H](C(=O)O)C1. The molecule has 1 aliphatic heterocycles. The molecule has 1 heterocycles. The Bertz CT molecular complexity index is 209. The van der Waals surface area contributed by atoms with Crippen LogP contribution in [-0.2, 0) is 4.79 Å². The Balaban J connectivity index is 2.49. The molecule has 0 aromatic carbocycles. The Morgan fingerprint density at radius 2 is 2.20 bits per heavy atom. The number of aliphatic carboxylic acids is 1. The Kier molecular flexibility index (Phi) is 5.05. The number of rotatable bonds is 5. The highest BCUT2D eigenvalue weighted by molar-refractivity contribution is 5.70. The van der Waals surface area contributed by atoms with Crippen LogP contribution >= 0.6 is 0 Å². The summed E-state index contributed by atoms with van der Waals surface area (Å²) in [6, 6.07) is 0.393. The molecule has 4 heteroatoms. The quantitative estimate of drug-likeness (QED) is 0.710. The molecule has 0 aliphatic carbocycles. The molecular weight excluding hydrogens is 192 g/mol. The summed E-state index contributed by atoms with van der Waals surface area (Å²) in [5, 5.41) is 12.2. The van der Waals surface area contributed by atoms with Crippen molar-refractivity contribution in [2.75, 3.05) is 26.2 Å². The van der Waals surface area contributed by atoms with Gasteiger partial charge in [0.25, 0.3) is 0 Å². The predicted octanol–water partition coefficient (Wildman–Crippen LogP) is 0.781. The number of likely N-dealkylation sites (N-methyl/N-ethyl adjacent to an activating group) is 1. The van der Waals surface area contributed by atoms with Gasteiger partial charge in [0, 0.05) is 19.1 Å². The molecule has 0 aromatic heterocycles. The monoisotopic (exact) mass is 214 g/mol. The van der Waals surface area contributed by atoms with E-state index in [1.807, 2.05) is 0 Å². The highest BCUT2D eigenvalue weighted by Crippen LogP contribution is 2.16. The van der Waals surface area contributed by atoms with Crippen molar-refractivity contribution in [1.82, 2.24) is 10.2 Å². The van der Waals surface area contributed by atoms with Gasteiger partial charge < -0.3 is 10.4 Å². The first-order valence-electron chi connectivity index (χ1n) is 5.86. The third kappa shape index (κ3) is 3.47. The summed E-state index contributed by atoms with van der Waals surface area (Å²) in [5.74, 6) is -0.880. The van der Waals surface area contributed by atoms with Crippen molar-refractivity contribution in [3.63, 3.8) is 0 Å². The van der Waals surface area contributed by atoms with E-state index in [9.17, 15) is 4.79 Å². The number of carboxylic acids is 1. The summed E-state index contributed by atoms with van der Waals surface area (Å²) in [5.41, 5.74) is 0. The standard InChI is InChI=1S/C11H22N2O2/c1-3-5-13(4-2)10-6-9(11(14)15)7-12-8-10/h9-10,12H,3-8H2,1-2H3,(H,14,15)/t9-,10+/m0/s1. The van der Waals surface area contributed by atoms with Gasteiger partial charge in [0.1, 0.15) is 0 Å². The average Bonchev–Trinajstić information content (AvgIpc) is 2.26. The molecule has 0 bridgehead atoms. The van der Waals surface area contributed by atoms with Crippen LogP contribution in [0.2, 0.25) is 0 Å². The van der Waals surface area contributed by atoms with Crippen molar-refractivity contribution < 1.29 is 9.90 Å². The van der Waals surface area contributed by atoms with E-state index in [1.165, 1.54) is 0 Å². The van der Waals surface area contributed by atoms with E-state index in [0.717, 1.165) is 32.5 Å². The van der Waals surface area contributed by atoms with Gasteiger partial charge in [-0.2, -0.15) is 0 Å². The molecule has 4 nitrogen and oxygen atoms in total. The minimum Gasteiger partial charge on any atom is -0.481 e. The molecule has 88 valence electrons. The number of nitrogens with zero attached hydrogens (tertiary/aromatic N) is 1. The lowest BCUT2D eigenvalue weighted by Crippen LogP contribution is -2.50. The van der Waals surface area contributed by atoms with Crippen molar-refractivity contribution in [3.05, 3.63) is 0 Å². The fourth-order valence-corrected chi connectivity index (χ4v) is 2.27. The highest BCUT2D eigenvalue weighted by atomic mass is 16.4. The molecular formula is C11H22N2O2. The van der Waals surface area contributed by atoms with Gasteiger partial charge in [0.05, 0.1) is 5.92 Å². The summed E-state index contributed by atoms with van der Waals surface area (Å²) < 4.78 is 0. The van der Waals surface area contributed by atoms with Crippen LogP contribution in [0.15, 0.2) is 0 Å². The molecule has 15 heavy (non-hydrogen) atoms. The minimum absolute atomic E-state index is 0.213. The molecule has 0 saturated carbocycles. The van der Waals surface area contributed by atoms with E-state index in [-0.39, 0.29) is 5.92 Å². The van der Waals surface area contributed by atoms with Crippen molar-refractivity contribution in [1.29, 1.82) is 0 Å². The summed E-state index contributed by atoms with van der Waals surface area (Å²) in [6.45, 7) is 7.92. The second-order valence-corrected chi connectivity index (χ2v) is 4.21. The lowest BCUT2D eigenvalue weighted by molar-refractivity contribution is -0.143. The summed E-state index contributed by atoms with van der Waals surface area (Å²) in [7, 11) is 0. The fourth-order valence-electron chi connectivity index (χ4n) is 2.27. The Morgan fingerprint density at radius 3 is 2.73 bits per heavy atom. The van der Waals surface area contributed by atoms with Crippen LogP contribution in [0, 0.1) is 5.92 Å². The molecule has 0 spiro atoms. The normalized spacial score (nSPS) is 26.9. The number of carbonyl (C=O) groups is 1. The first kappa shape index (κ1) is 12.5. The minimum atomic E-state index is -0.667. The Labute approximate surface area is 91.6 Å². The van der Waals surface area contributed by atoms with Crippen LogP contribution in [0.4, 0.5) is 0 Å². The van der Waals surface area contributed by atoms with Crippen LogP contribution in [-0.4, -0.2) is 48.2 Å². The van der Waals surface area contributed by atoms with Gasteiger partial charge in [0.15, 0.2) is 0 Å². The topological polar surface area (TPSA) is 52.6 Å². The maximum Gasteiger partial charge on any atom is 0.307 e. The molecule has 1 saturated heterocycles. The molecule has 2 atom stereocenters. The summed E-state index contributed by atoms with van der Waals surface area (Å²) in [6.07, 6.45) is 1.91. The molecule has 0 amide bonds. The Morgan fingerprint density at radius 1 is 1.47 bits per heavy atom. The van der Waals surface area contributed by atoms with Crippen molar-refractivity contribution in [2.24, 2.45) is 5.92 Å². The largest absolute Gasteiger partial charge is 0.481 e. The van der Waals surface area contributed by atoms with Gasteiger partial charge in [-0.05, 0) is 25.9 Å². The van der Waals surface area contributed by atoms with Crippen LogP contribution in [0.5, 0.6) is 0 Å². The van der Waals surface area contributed by atoms with Crippen LogP contribution in [0.3, 0.4) is 0 Å². The van der Waals surface area contributed by atoms with Crippen molar-refractivity contribution in [2.45, 2.75) is 32.7 Å². The molecule has 0 radical (unpaired) electrons. The maximum absolute atomic E-state index is 10.9. The van der Waals surface area contributed by atoms with Crippen LogP contribution in [0.25, 0.3) is 0 Å². The summed E-state index contributed by atoms with van der Waals surface area (Å²) in [4.78, 5) is 13.3. The van der Waals surface area contributed by atoms with Gasteiger partial charge in [-0.25, -0.2) is 0 Å². The first-order valence-corrected chi connectivity index (χ1v) is 5.86. The van der Waals surface area contributed by atoms with Gasteiger partial charge >= 0.3 is 5.97 Å². The van der Waals surface area contributed by atoms with Gasteiger partial charge in [0.2, 0.25) is 0 Å². The zero-order chi connectivity index (χ0) is 11.3. The third-order valence-electron chi connectivity index (χ3n) is 3.11. The number of carboxylic acid groups (broad SMARTS) is 1. The predicted molar refractivity (Wildman–Crippen MR) is 59.9 cm³/mol. The lowest BCUT2D eigenvalue weighted by atomic mass is 9.94. The third-order valence-corrected chi connectivity index (χ3v) is 3.11. The van der Waals surface area contributed by atoms with E-state index in [4.69, 9.17) is 5.11 Å². The van der Waals surface area contributed by atoms with Crippen LogP contribution in [0.1, 0.15) is 26.7 Å². The van der Waals surface area contributed by atoms with Crippen molar-refractivity contribution in [3.8, 4) is 0 Å². The fraction of sp³-hybridized carbons (Fsp3) is 0.909. The average molecular weight is 214 g/mol. The molecule has 1 aliphatic rings. The van der Waals surface area contributed by atoms with E-state index < -0.39 is 5.97 Å².